The summed E-state index contributed by atoms with van der Waals surface area (Å²) < 4.78 is 28.2. The van der Waals surface area contributed by atoms with Crippen LogP contribution in [-0.4, -0.2) is 49.0 Å². The van der Waals surface area contributed by atoms with Crippen LogP contribution >= 0.6 is 0 Å². The molecule has 1 atom stereocenters. The quantitative estimate of drug-likeness (QED) is 0.813. The molecule has 1 fully saturated rings. The first kappa shape index (κ1) is 18.1. The number of carbonyl (C=O) groups excluding carboxylic acids is 1. The van der Waals surface area contributed by atoms with Gasteiger partial charge in [-0.1, -0.05) is 6.07 Å². The van der Waals surface area contributed by atoms with Crippen molar-refractivity contribution in [2.24, 2.45) is 0 Å². The van der Waals surface area contributed by atoms with Crippen molar-refractivity contribution >= 4 is 27.4 Å². The van der Waals surface area contributed by atoms with Gasteiger partial charge in [-0.05, 0) is 31.5 Å². The fourth-order valence-electron chi connectivity index (χ4n) is 2.74. The molecule has 2 N–H and O–H groups in total. The van der Waals surface area contributed by atoms with Crippen LogP contribution in [0, 0.1) is 6.92 Å². The molecule has 0 saturated carbocycles. The SMILES string of the molecule is COc1cccc(Nc2nc(C)cc(C(=O)NC3CCS(=O)(=O)C3)n2)c1. The first-order chi connectivity index (χ1) is 12.3. The number of hydrogen-bond donors (Lipinski definition) is 2. The van der Waals surface area contributed by atoms with E-state index in [1.807, 2.05) is 18.2 Å². The number of ether oxygens (including phenoxy) is 1. The molecule has 2 aromatic rings. The number of hydrogen-bond acceptors (Lipinski definition) is 7. The number of carbonyl (C=O) groups is 1. The normalized spacial score (nSPS) is 18.3. The molecule has 0 radical (unpaired) electrons. The van der Waals surface area contributed by atoms with Gasteiger partial charge in [0.15, 0.2) is 9.84 Å². The molecular weight excluding hydrogens is 356 g/mol. The molecule has 1 aliphatic heterocycles. The molecule has 9 heteroatoms. The van der Waals surface area contributed by atoms with E-state index in [0.717, 1.165) is 5.69 Å². The topological polar surface area (TPSA) is 110 Å². The summed E-state index contributed by atoms with van der Waals surface area (Å²) in [5.74, 6) is 0.623. The van der Waals surface area contributed by atoms with E-state index in [4.69, 9.17) is 4.74 Å². The van der Waals surface area contributed by atoms with Crippen molar-refractivity contribution in [3.63, 3.8) is 0 Å². The number of methoxy groups -OCH3 is 1. The lowest BCUT2D eigenvalue weighted by Crippen LogP contribution is -2.36. The number of benzene rings is 1. The standard InChI is InChI=1S/C17H20N4O4S/c1-11-8-15(16(22)19-13-6-7-26(23,24)10-13)21-17(18-11)20-12-4-3-5-14(9-12)25-2/h3-5,8-9,13H,6-7,10H2,1-2H3,(H,19,22)(H,18,20,21). The van der Waals surface area contributed by atoms with E-state index in [2.05, 4.69) is 20.6 Å². The highest BCUT2D eigenvalue weighted by molar-refractivity contribution is 7.91. The van der Waals surface area contributed by atoms with Gasteiger partial charge in [0.25, 0.3) is 5.91 Å². The summed E-state index contributed by atoms with van der Waals surface area (Å²) >= 11 is 0. The number of amides is 1. The van der Waals surface area contributed by atoms with Crippen LogP contribution in [-0.2, 0) is 9.84 Å². The molecule has 1 aromatic heterocycles. The zero-order chi connectivity index (χ0) is 18.7. The second-order valence-corrected chi connectivity index (χ2v) is 8.38. The van der Waals surface area contributed by atoms with Crippen LogP contribution in [0.5, 0.6) is 5.75 Å². The van der Waals surface area contributed by atoms with Crippen LogP contribution in [0.2, 0.25) is 0 Å². The van der Waals surface area contributed by atoms with Gasteiger partial charge < -0.3 is 15.4 Å². The van der Waals surface area contributed by atoms with E-state index in [-0.39, 0.29) is 29.2 Å². The number of nitrogens with one attached hydrogen (secondary N) is 2. The Kier molecular flexibility index (Phi) is 5.08. The lowest BCUT2D eigenvalue weighted by molar-refractivity contribution is 0.0936. The summed E-state index contributed by atoms with van der Waals surface area (Å²) in [6.45, 7) is 1.76. The van der Waals surface area contributed by atoms with Crippen molar-refractivity contribution in [1.82, 2.24) is 15.3 Å². The van der Waals surface area contributed by atoms with E-state index in [1.54, 1.807) is 26.2 Å². The number of nitrogens with zero attached hydrogens (tertiary/aromatic N) is 2. The average Bonchev–Trinajstić information content (AvgIpc) is 2.93. The summed E-state index contributed by atoms with van der Waals surface area (Å²) in [6, 6.07) is 8.45. The van der Waals surface area contributed by atoms with Gasteiger partial charge in [-0.15, -0.1) is 0 Å². The third-order valence-corrected chi connectivity index (χ3v) is 5.75. The second kappa shape index (κ2) is 7.28. The number of anilines is 2. The van der Waals surface area contributed by atoms with Gasteiger partial charge in [-0.2, -0.15) is 0 Å². The highest BCUT2D eigenvalue weighted by atomic mass is 32.2. The fourth-order valence-corrected chi connectivity index (χ4v) is 4.41. The Morgan fingerprint density at radius 1 is 1.27 bits per heavy atom. The molecule has 1 amide bonds. The highest BCUT2D eigenvalue weighted by Gasteiger charge is 2.29. The first-order valence-electron chi connectivity index (χ1n) is 8.13. The Morgan fingerprint density at radius 2 is 2.08 bits per heavy atom. The molecule has 0 spiro atoms. The maximum atomic E-state index is 12.4. The predicted octanol–water partition coefficient (Wildman–Crippen LogP) is 1.45. The van der Waals surface area contributed by atoms with E-state index in [0.29, 0.717) is 17.9 Å². The highest BCUT2D eigenvalue weighted by Crippen LogP contribution is 2.20. The summed E-state index contributed by atoms with van der Waals surface area (Å²) in [4.78, 5) is 20.9. The lowest BCUT2D eigenvalue weighted by Gasteiger charge is -2.12. The molecule has 1 aromatic carbocycles. The molecule has 1 unspecified atom stereocenters. The maximum absolute atomic E-state index is 12.4. The molecule has 0 aliphatic carbocycles. The first-order valence-corrected chi connectivity index (χ1v) is 9.95. The van der Waals surface area contributed by atoms with Crippen molar-refractivity contribution in [1.29, 1.82) is 0 Å². The zero-order valence-corrected chi connectivity index (χ0v) is 15.3. The minimum atomic E-state index is -3.06. The molecule has 1 saturated heterocycles. The summed E-state index contributed by atoms with van der Waals surface area (Å²) in [5.41, 5.74) is 1.53. The Hall–Kier alpha value is -2.68. The van der Waals surface area contributed by atoms with E-state index >= 15 is 0 Å². The molecule has 2 heterocycles. The number of aromatic nitrogens is 2. The van der Waals surface area contributed by atoms with Crippen molar-refractivity contribution in [3.05, 3.63) is 41.7 Å². The van der Waals surface area contributed by atoms with Gasteiger partial charge in [0.05, 0.1) is 18.6 Å². The van der Waals surface area contributed by atoms with Crippen LogP contribution in [0.25, 0.3) is 0 Å². The van der Waals surface area contributed by atoms with Crippen LogP contribution in [0.15, 0.2) is 30.3 Å². The monoisotopic (exact) mass is 376 g/mol. The smallest absolute Gasteiger partial charge is 0.270 e. The van der Waals surface area contributed by atoms with Gasteiger partial charge in [-0.25, -0.2) is 18.4 Å². The maximum Gasteiger partial charge on any atom is 0.270 e. The molecule has 26 heavy (non-hydrogen) atoms. The van der Waals surface area contributed by atoms with Crippen molar-refractivity contribution in [2.75, 3.05) is 23.9 Å². The Bertz CT molecular complexity index is 930. The molecular formula is C17H20N4O4S. The van der Waals surface area contributed by atoms with E-state index < -0.39 is 15.7 Å². The minimum absolute atomic E-state index is 0.0300. The number of sulfone groups is 1. The van der Waals surface area contributed by atoms with Gasteiger partial charge in [-0.3, -0.25) is 4.79 Å². The van der Waals surface area contributed by atoms with Crippen LogP contribution in [0.3, 0.4) is 0 Å². The van der Waals surface area contributed by atoms with E-state index in [1.165, 1.54) is 0 Å². The molecule has 1 aliphatic rings. The van der Waals surface area contributed by atoms with Crippen molar-refractivity contribution < 1.29 is 17.9 Å². The number of aryl methyl sites for hydroxylation is 1. The lowest BCUT2D eigenvalue weighted by atomic mass is 10.2. The van der Waals surface area contributed by atoms with E-state index in [9.17, 15) is 13.2 Å². The van der Waals surface area contributed by atoms with Crippen LogP contribution < -0.4 is 15.4 Å². The Balaban J connectivity index is 1.75. The Morgan fingerprint density at radius 3 is 2.77 bits per heavy atom. The minimum Gasteiger partial charge on any atom is -0.497 e. The largest absolute Gasteiger partial charge is 0.497 e. The van der Waals surface area contributed by atoms with Crippen molar-refractivity contribution in [3.8, 4) is 5.75 Å². The predicted molar refractivity (Wildman–Crippen MR) is 97.6 cm³/mol. The number of rotatable bonds is 5. The fraction of sp³-hybridized carbons (Fsp3) is 0.353. The van der Waals surface area contributed by atoms with Gasteiger partial charge in [0.2, 0.25) is 5.95 Å². The molecule has 3 rings (SSSR count). The average molecular weight is 376 g/mol. The summed E-state index contributed by atoms with van der Waals surface area (Å²) in [7, 11) is -1.48. The van der Waals surface area contributed by atoms with Gasteiger partial charge >= 0.3 is 0 Å². The summed E-state index contributed by atoms with van der Waals surface area (Å²) in [6.07, 6.45) is 0.424. The van der Waals surface area contributed by atoms with Crippen LogP contribution in [0.4, 0.5) is 11.6 Å². The third-order valence-electron chi connectivity index (χ3n) is 3.98. The third kappa shape index (κ3) is 4.48. The molecule has 8 nitrogen and oxygen atoms in total. The Labute approximate surface area is 151 Å². The van der Waals surface area contributed by atoms with Crippen molar-refractivity contribution in [2.45, 2.75) is 19.4 Å². The molecule has 0 bridgehead atoms. The van der Waals surface area contributed by atoms with Gasteiger partial charge in [0.1, 0.15) is 11.4 Å². The van der Waals surface area contributed by atoms with Crippen LogP contribution in [0.1, 0.15) is 22.6 Å². The zero-order valence-electron chi connectivity index (χ0n) is 14.5. The second-order valence-electron chi connectivity index (χ2n) is 6.15. The molecule has 138 valence electrons. The van der Waals surface area contributed by atoms with Gasteiger partial charge in [0, 0.05) is 23.5 Å². The summed E-state index contributed by atoms with van der Waals surface area (Å²) in [5, 5.41) is 5.77.